The molecule has 1 aliphatic rings. The molecule has 6 heteroatoms. The monoisotopic (exact) mass is 521 g/mol. The molecule has 1 saturated heterocycles. The maximum Gasteiger partial charge on any atom is 0.382 e. The number of quaternary nitrogens is 1. The fourth-order valence-corrected chi connectivity index (χ4v) is 5.56. The van der Waals surface area contributed by atoms with Gasteiger partial charge in [-0.15, -0.1) is 0 Å². The lowest BCUT2D eigenvalue weighted by Crippen LogP contribution is -2.70. The Balaban J connectivity index is 1.77. The summed E-state index contributed by atoms with van der Waals surface area (Å²) in [6.07, 6.45) is 6.04. The first-order valence-electron chi connectivity index (χ1n) is 14.0. The number of benzene rings is 2. The summed E-state index contributed by atoms with van der Waals surface area (Å²) in [6, 6.07) is 16.9. The fraction of sp³-hybridized carbons (Fsp3) is 0.531. The summed E-state index contributed by atoms with van der Waals surface area (Å²) in [6.45, 7) is 6.02. The van der Waals surface area contributed by atoms with Crippen LogP contribution in [0.1, 0.15) is 70.4 Å². The van der Waals surface area contributed by atoms with Crippen LogP contribution in [0.2, 0.25) is 0 Å². The highest BCUT2D eigenvalue weighted by Gasteiger charge is 2.53. The Kier molecular flexibility index (Phi) is 10.3. The molecular weight excluding hydrogens is 478 g/mol. The van der Waals surface area contributed by atoms with Gasteiger partial charge in [-0.25, -0.2) is 9.28 Å². The van der Waals surface area contributed by atoms with Gasteiger partial charge in [0.05, 0.1) is 26.2 Å². The second-order valence-corrected chi connectivity index (χ2v) is 11.4. The van der Waals surface area contributed by atoms with Gasteiger partial charge in [-0.2, -0.15) is 0 Å². The number of likely N-dealkylation sites (tertiary alicyclic amines) is 1. The third kappa shape index (κ3) is 7.10. The molecule has 1 amide bonds. The molecule has 2 aromatic rings. The number of Topliss-reactive ketones (excluding diaryl/α,β-unsaturated/α-hetero) is 1. The molecule has 0 bridgehead atoms. The first-order valence-corrected chi connectivity index (χ1v) is 14.0. The van der Waals surface area contributed by atoms with E-state index < -0.39 is 29.1 Å². The summed E-state index contributed by atoms with van der Waals surface area (Å²) in [5.74, 6) is -1.37. The third-order valence-corrected chi connectivity index (χ3v) is 8.59. The molecule has 0 spiro atoms. The second-order valence-electron chi connectivity index (χ2n) is 11.4. The number of ether oxygens (including phenoxy) is 1. The molecule has 38 heavy (non-hydrogen) atoms. The second kappa shape index (κ2) is 13.2. The van der Waals surface area contributed by atoms with Crippen molar-refractivity contribution in [3.63, 3.8) is 0 Å². The average molecular weight is 522 g/mol. The first-order chi connectivity index (χ1) is 18.1. The van der Waals surface area contributed by atoms with Crippen LogP contribution in [0, 0.1) is 11.3 Å². The molecule has 2 aromatic carbocycles. The number of carboxylic acids is 1. The van der Waals surface area contributed by atoms with Gasteiger partial charge in [-0.3, -0.25) is 4.79 Å². The van der Waals surface area contributed by atoms with E-state index in [1.807, 2.05) is 49.4 Å². The van der Waals surface area contributed by atoms with Crippen molar-refractivity contribution >= 4 is 17.7 Å². The number of carbonyl (C=O) groups is 3. The number of carbonyl (C=O) groups excluding carboxylic acids is 3. The van der Waals surface area contributed by atoms with E-state index in [1.165, 1.54) is 5.56 Å². The summed E-state index contributed by atoms with van der Waals surface area (Å²) in [5, 5.41) is 12.6. The molecule has 0 aliphatic carbocycles. The molecule has 0 N–H and O–H groups in total. The van der Waals surface area contributed by atoms with E-state index in [0.29, 0.717) is 25.8 Å². The number of ketones is 1. The number of methoxy groups -OCH3 is 1. The van der Waals surface area contributed by atoms with Gasteiger partial charge in [-0.1, -0.05) is 69.7 Å². The van der Waals surface area contributed by atoms with Crippen LogP contribution in [0.5, 0.6) is 5.75 Å². The number of amides is 1. The maximum absolute atomic E-state index is 13.9. The van der Waals surface area contributed by atoms with E-state index in [4.69, 9.17) is 4.74 Å². The van der Waals surface area contributed by atoms with Crippen LogP contribution < -0.4 is 9.84 Å². The van der Waals surface area contributed by atoms with Gasteiger partial charge in [0.2, 0.25) is 0 Å². The van der Waals surface area contributed by atoms with Crippen molar-refractivity contribution in [3.05, 3.63) is 65.7 Å². The Hall–Kier alpha value is -2.99. The molecule has 1 fully saturated rings. The van der Waals surface area contributed by atoms with Crippen LogP contribution in [-0.4, -0.2) is 48.4 Å². The Morgan fingerprint density at radius 1 is 0.974 bits per heavy atom. The third-order valence-electron chi connectivity index (χ3n) is 8.59. The van der Waals surface area contributed by atoms with Crippen molar-refractivity contribution < 1.29 is 28.7 Å². The normalized spacial score (nSPS) is 21.6. The smallest absolute Gasteiger partial charge is 0.382 e. The number of carboxylic acid groups (broad SMARTS) is 1. The molecule has 0 radical (unpaired) electrons. The highest BCUT2D eigenvalue weighted by atomic mass is 16.5. The van der Waals surface area contributed by atoms with Gasteiger partial charge in [0.25, 0.3) is 5.78 Å². The molecule has 0 aromatic heterocycles. The summed E-state index contributed by atoms with van der Waals surface area (Å²) in [4.78, 5) is 39.9. The zero-order valence-electron chi connectivity index (χ0n) is 23.4. The summed E-state index contributed by atoms with van der Waals surface area (Å²) in [7, 11) is 1.60. The zero-order chi connectivity index (χ0) is 27.8. The minimum Gasteiger partial charge on any atom is -0.544 e. The fourth-order valence-electron chi connectivity index (χ4n) is 5.56. The number of hydrogen-bond donors (Lipinski definition) is 0. The van der Waals surface area contributed by atoms with Crippen LogP contribution in [0.4, 0.5) is 0 Å². The van der Waals surface area contributed by atoms with Gasteiger partial charge < -0.3 is 14.6 Å². The minimum atomic E-state index is -1.23. The SMILES string of the molecule is CCC(C)(C)C(=O)C(=O)[N+]1(CCc2ccc(OC)cc2)CCC(CCCCc2ccccc2)CC1C(=O)[O-]. The number of nitrogens with zero attached hydrogens (tertiary/aromatic N) is 1. The molecule has 6 nitrogen and oxygen atoms in total. The highest BCUT2D eigenvalue weighted by molar-refractivity contribution is 6.35. The van der Waals surface area contributed by atoms with Crippen molar-refractivity contribution in [2.45, 2.75) is 78.2 Å². The molecule has 3 atom stereocenters. The summed E-state index contributed by atoms with van der Waals surface area (Å²) < 4.78 is 4.89. The van der Waals surface area contributed by atoms with Crippen LogP contribution >= 0.6 is 0 Å². The number of aryl methyl sites for hydroxylation is 1. The average Bonchev–Trinajstić information content (AvgIpc) is 2.94. The van der Waals surface area contributed by atoms with Crippen LogP contribution in [-0.2, 0) is 27.2 Å². The Bertz CT molecular complexity index is 1080. The van der Waals surface area contributed by atoms with Crippen molar-refractivity contribution in [2.75, 3.05) is 20.2 Å². The van der Waals surface area contributed by atoms with E-state index in [2.05, 4.69) is 12.1 Å². The summed E-state index contributed by atoms with van der Waals surface area (Å²) >= 11 is 0. The van der Waals surface area contributed by atoms with Crippen LogP contribution in [0.3, 0.4) is 0 Å². The van der Waals surface area contributed by atoms with E-state index >= 15 is 0 Å². The zero-order valence-corrected chi connectivity index (χ0v) is 23.4. The van der Waals surface area contributed by atoms with Crippen molar-refractivity contribution in [1.82, 2.24) is 0 Å². The van der Waals surface area contributed by atoms with E-state index in [-0.39, 0.29) is 16.9 Å². The quantitative estimate of drug-likeness (QED) is 0.220. The molecule has 206 valence electrons. The number of unbranched alkanes of at least 4 members (excludes halogenated alkanes) is 1. The Morgan fingerprint density at radius 2 is 1.63 bits per heavy atom. The minimum absolute atomic E-state index is 0.197. The predicted octanol–water partition coefficient (Wildman–Crippen LogP) is 4.53. The molecule has 1 aliphatic heterocycles. The number of piperidine rings is 1. The Morgan fingerprint density at radius 3 is 2.24 bits per heavy atom. The van der Waals surface area contributed by atoms with Gasteiger partial charge in [0.15, 0.2) is 0 Å². The summed E-state index contributed by atoms with van der Waals surface area (Å²) in [5.41, 5.74) is 1.44. The van der Waals surface area contributed by atoms with Gasteiger partial charge in [0, 0.05) is 24.7 Å². The lowest BCUT2D eigenvalue weighted by atomic mass is 9.80. The van der Waals surface area contributed by atoms with Crippen LogP contribution in [0.25, 0.3) is 0 Å². The van der Waals surface area contributed by atoms with Crippen LogP contribution in [0.15, 0.2) is 54.6 Å². The van der Waals surface area contributed by atoms with Crippen molar-refractivity contribution in [3.8, 4) is 5.75 Å². The number of hydrogen-bond acceptors (Lipinski definition) is 5. The lowest BCUT2D eigenvalue weighted by molar-refractivity contribution is -0.876. The van der Waals surface area contributed by atoms with E-state index in [1.54, 1.807) is 21.0 Å². The number of rotatable bonds is 13. The van der Waals surface area contributed by atoms with E-state index in [0.717, 1.165) is 43.4 Å². The molecule has 0 saturated carbocycles. The number of aliphatic carboxylic acids is 1. The lowest BCUT2D eigenvalue weighted by Gasteiger charge is -2.48. The first kappa shape index (κ1) is 29.6. The topological polar surface area (TPSA) is 83.5 Å². The molecule has 3 rings (SSSR count). The van der Waals surface area contributed by atoms with Gasteiger partial charge in [0.1, 0.15) is 11.8 Å². The molecule has 3 unspecified atom stereocenters. The largest absolute Gasteiger partial charge is 0.544 e. The predicted molar refractivity (Wildman–Crippen MR) is 146 cm³/mol. The van der Waals surface area contributed by atoms with E-state index in [9.17, 15) is 19.5 Å². The van der Waals surface area contributed by atoms with Gasteiger partial charge >= 0.3 is 5.91 Å². The Labute approximate surface area is 227 Å². The molecular formula is C32H43NO5. The van der Waals surface area contributed by atoms with Crippen molar-refractivity contribution in [2.24, 2.45) is 11.3 Å². The highest BCUT2D eigenvalue weighted by Crippen LogP contribution is 2.36. The maximum atomic E-state index is 13.9. The standard InChI is InChI=1S/C32H43NO5/c1-5-32(2,3)29(34)30(35)33(21-19-25-15-17-27(38-4)18-16-25)22-20-26(23-28(33)31(36)37)14-10-9-13-24-11-7-6-8-12-24/h6-8,11-12,15-18,26,28H,5,9-10,13-14,19-23H2,1-4H3. The van der Waals surface area contributed by atoms with Crippen molar-refractivity contribution in [1.29, 1.82) is 0 Å². The van der Waals surface area contributed by atoms with Gasteiger partial charge in [-0.05, 0) is 54.9 Å². The molecule has 1 heterocycles.